The van der Waals surface area contributed by atoms with Gasteiger partial charge in [-0.15, -0.1) is 11.3 Å². The molecule has 3 aromatic rings. The number of hydrazone groups is 1. The molecule has 8 heteroatoms. The number of nitrogens with one attached hydrogen (secondary N) is 1. The van der Waals surface area contributed by atoms with E-state index in [0.717, 1.165) is 17.5 Å². The van der Waals surface area contributed by atoms with Gasteiger partial charge in [-0.1, -0.05) is 30.3 Å². The maximum absolute atomic E-state index is 13.7. The van der Waals surface area contributed by atoms with E-state index < -0.39 is 17.4 Å². The summed E-state index contributed by atoms with van der Waals surface area (Å²) in [5.41, 5.74) is 4.33. The number of hydrogen-bond acceptors (Lipinski definition) is 5. The fourth-order valence-electron chi connectivity index (χ4n) is 1.92. The number of aromatic hydroxyl groups is 1. The number of hydrogen-bond donors (Lipinski definition) is 2. The molecule has 0 fully saturated rings. The number of phenolic OH excluding ortho intramolecular Hbond substituents is 1. The summed E-state index contributed by atoms with van der Waals surface area (Å²) < 4.78 is 27.2. The van der Waals surface area contributed by atoms with Crippen LogP contribution in [0.1, 0.15) is 5.56 Å². The fraction of sp³-hybridized carbons (Fsp3) is 0. The zero-order chi connectivity index (χ0) is 17.1. The van der Waals surface area contributed by atoms with Gasteiger partial charge >= 0.3 is 0 Å². The second-order valence-electron chi connectivity index (χ2n) is 4.70. The molecule has 0 aliphatic rings. The number of rotatable bonds is 4. The van der Waals surface area contributed by atoms with E-state index >= 15 is 0 Å². The lowest BCUT2D eigenvalue weighted by molar-refractivity contribution is 0.404. The second-order valence-corrected chi connectivity index (χ2v) is 6.41. The third kappa shape index (κ3) is 3.44. The van der Waals surface area contributed by atoms with E-state index in [1.165, 1.54) is 17.4 Å². The van der Waals surface area contributed by atoms with Crippen molar-refractivity contribution in [1.29, 1.82) is 0 Å². The van der Waals surface area contributed by atoms with Crippen LogP contribution in [-0.4, -0.2) is 16.3 Å². The van der Waals surface area contributed by atoms with Crippen LogP contribution in [0.4, 0.5) is 13.9 Å². The van der Waals surface area contributed by atoms with Crippen molar-refractivity contribution in [1.82, 2.24) is 4.98 Å². The highest BCUT2D eigenvalue weighted by Gasteiger charge is 2.15. The molecule has 2 aromatic carbocycles. The highest BCUT2D eigenvalue weighted by Crippen LogP contribution is 2.30. The molecule has 0 saturated carbocycles. The maximum atomic E-state index is 13.7. The third-order valence-corrected chi connectivity index (χ3v) is 4.45. The third-order valence-electron chi connectivity index (χ3n) is 3.10. The smallest absolute Gasteiger partial charge is 0.203 e. The molecule has 0 radical (unpaired) electrons. The lowest BCUT2D eigenvalue weighted by Gasteiger charge is -2.03. The monoisotopic (exact) mass is 409 g/mol. The van der Waals surface area contributed by atoms with E-state index in [-0.39, 0.29) is 10.0 Å². The predicted octanol–water partition coefficient (Wildman–Crippen LogP) is 5.00. The Morgan fingerprint density at radius 2 is 1.96 bits per heavy atom. The highest BCUT2D eigenvalue weighted by atomic mass is 79.9. The van der Waals surface area contributed by atoms with Gasteiger partial charge < -0.3 is 5.11 Å². The van der Waals surface area contributed by atoms with Gasteiger partial charge in [-0.05, 0) is 22.0 Å². The molecule has 24 heavy (non-hydrogen) atoms. The van der Waals surface area contributed by atoms with Crippen molar-refractivity contribution in [3.05, 3.63) is 63.4 Å². The van der Waals surface area contributed by atoms with E-state index in [4.69, 9.17) is 0 Å². The zero-order valence-electron chi connectivity index (χ0n) is 12.0. The fourth-order valence-corrected chi connectivity index (χ4v) is 3.01. The topological polar surface area (TPSA) is 57.5 Å². The zero-order valence-corrected chi connectivity index (χ0v) is 14.4. The van der Waals surface area contributed by atoms with Crippen LogP contribution in [-0.2, 0) is 0 Å². The maximum Gasteiger partial charge on any atom is 0.203 e. The molecule has 122 valence electrons. The van der Waals surface area contributed by atoms with Crippen LogP contribution in [0.3, 0.4) is 0 Å². The summed E-state index contributed by atoms with van der Waals surface area (Å²) in [6, 6.07) is 10.9. The summed E-state index contributed by atoms with van der Waals surface area (Å²) in [4.78, 5) is 4.36. The summed E-state index contributed by atoms with van der Waals surface area (Å²) in [6.45, 7) is 0. The second kappa shape index (κ2) is 7.06. The summed E-state index contributed by atoms with van der Waals surface area (Å²) in [5, 5.41) is 15.5. The Morgan fingerprint density at radius 3 is 2.71 bits per heavy atom. The summed E-state index contributed by atoms with van der Waals surface area (Å²) in [7, 11) is 0. The largest absolute Gasteiger partial charge is 0.504 e. The van der Waals surface area contributed by atoms with Crippen molar-refractivity contribution in [2.45, 2.75) is 0 Å². The first kappa shape index (κ1) is 16.5. The Morgan fingerprint density at radius 1 is 1.21 bits per heavy atom. The molecule has 0 aliphatic carbocycles. The molecular formula is C16H10BrF2N3OS. The minimum absolute atomic E-state index is 0.0449. The van der Waals surface area contributed by atoms with Gasteiger partial charge in [-0.3, -0.25) is 5.43 Å². The quantitative estimate of drug-likeness (QED) is 0.362. The minimum Gasteiger partial charge on any atom is -0.504 e. The number of anilines is 1. The number of nitrogens with zero attached hydrogens (tertiary/aromatic N) is 2. The number of phenols is 1. The molecule has 0 spiro atoms. The molecule has 1 heterocycles. The Bertz CT molecular complexity index is 900. The molecule has 0 bridgehead atoms. The van der Waals surface area contributed by atoms with Crippen LogP contribution in [0, 0.1) is 11.6 Å². The van der Waals surface area contributed by atoms with E-state index in [1.807, 2.05) is 35.7 Å². The van der Waals surface area contributed by atoms with Crippen molar-refractivity contribution in [2.24, 2.45) is 5.10 Å². The molecule has 0 unspecified atom stereocenters. The van der Waals surface area contributed by atoms with Gasteiger partial charge in [0.05, 0.1) is 16.4 Å². The predicted molar refractivity (Wildman–Crippen MR) is 94.5 cm³/mol. The Hall–Kier alpha value is -2.32. The van der Waals surface area contributed by atoms with Crippen molar-refractivity contribution in [3.63, 3.8) is 0 Å². The van der Waals surface area contributed by atoms with Gasteiger partial charge in [0.1, 0.15) is 0 Å². The lowest BCUT2D eigenvalue weighted by atomic mass is 10.2. The average Bonchev–Trinajstić information content (AvgIpc) is 3.07. The van der Waals surface area contributed by atoms with Crippen molar-refractivity contribution >= 4 is 38.6 Å². The van der Waals surface area contributed by atoms with Crippen LogP contribution in [0.2, 0.25) is 0 Å². The van der Waals surface area contributed by atoms with Crippen LogP contribution in [0.15, 0.2) is 51.4 Å². The Balaban J connectivity index is 1.75. The highest BCUT2D eigenvalue weighted by molar-refractivity contribution is 9.10. The van der Waals surface area contributed by atoms with Gasteiger partial charge in [-0.2, -0.15) is 9.49 Å². The SMILES string of the molecule is Oc1c(Br)cc(C=NNc2nc(-c3ccccc3)cs2)c(F)c1F. The Kier molecular flexibility index (Phi) is 4.86. The molecule has 0 saturated heterocycles. The van der Waals surface area contributed by atoms with Gasteiger partial charge in [0.25, 0.3) is 0 Å². The van der Waals surface area contributed by atoms with E-state index in [9.17, 15) is 13.9 Å². The van der Waals surface area contributed by atoms with Gasteiger partial charge in [0, 0.05) is 16.5 Å². The van der Waals surface area contributed by atoms with Crippen LogP contribution in [0.25, 0.3) is 11.3 Å². The standard InChI is InChI=1S/C16H10BrF2N3OS/c17-11-6-10(13(18)14(19)15(11)23)7-20-22-16-21-12(8-24-16)9-4-2-1-3-5-9/h1-8,23H,(H,21,22). The molecule has 3 rings (SSSR count). The summed E-state index contributed by atoms with van der Waals surface area (Å²) >= 11 is 4.29. The van der Waals surface area contributed by atoms with Crippen molar-refractivity contribution in [3.8, 4) is 17.0 Å². The van der Waals surface area contributed by atoms with E-state index in [0.29, 0.717) is 5.13 Å². The van der Waals surface area contributed by atoms with E-state index in [2.05, 4.69) is 31.4 Å². The van der Waals surface area contributed by atoms with E-state index in [1.54, 1.807) is 0 Å². The Labute approximate surface area is 148 Å². The number of benzene rings is 2. The minimum atomic E-state index is -1.33. The summed E-state index contributed by atoms with van der Waals surface area (Å²) in [6.07, 6.45) is 1.12. The molecule has 2 N–H and O–H groups in total. The van der Waals surface area contributed by atoms with Crippen LogP contribution < -0.4 is 5.43 Å². The average molecular weight is 410 g/mol. The van der Waals surface area contributed by atoms with Crippen molar-refractivity contribution in [2.75, 3.05) is 5.43 Å². The number of aromatic nitrogens is 1. The molecule has 0 aliphatic heterocycles. The van der Waals surface area contributed by atoms with Gasteiger partial charge in [-0.25, -0.2) is 9.37 Å². The molecular weight excluding hydrogens is 400 g/mol. The van der Waals surface area contributed by atoms with Crippen LogP contribution >= 0.6 is 27.3 Å². The normalized spacial score (nSPS) is 11.1. The molecule has 0 amide bonds. The first-order chi connectivity index (χ1) is 11.6. The first-order valence-electron chi connectivity index (χ1n) is 6.72. The number of halogens is 3. The van der Waals surface area contributed by atoms with Crippen molar-refractivity contribution < 1.29 is 13.9 Å². The molecule has 1 aromatic heterocycles. The summed E-state index contributed by atoms with van der Waals surface area (Å²) in [5.74, 6) is -3.28. The molecule has 4 nitrogen and oxygen atoms in total. The van der Waals surface area contributed by atoms with Gasteiger partial charge in [0.2, 0.25) is 10.9 Å². The number of thiazole rings is 1. The van der Waals surface area contributed by atoms with Gasteiger partial charge in [0.15, 0.2) is 11.6 Å². The lowest BCUT2D eigenvalue weighted by Crippen LogP contribution is -1.97. The molecule has 0 atom stereocenters. The van der Waals surface area contributed by atoms with Crippen LogP contribution in [0.5, 0.6) is 5.75 Å². The first-order valence-corrected chi connectivity index (χ1v) is 8.40.